The van der Waals surface area contributed by atoms with E-state index in [1.54, 1.807) is 25.1 Å². The lowest BCUT2D eigenvalue weighted by molar-refractivity contribution is -0.577. The Morgan fingerprint density at radius 2 is 2.00 bits per heavy atom. The van der Waals surface area contributed by atoms with Crippen molar-refractivity contribution >= 4 is 12.0 Å². The fourth-order valence-electron chi connectivity index (χ4n) is 5.88. The molecule has 5 aliphatic rings. The van der Waals surface area contributed by atoms with Crippen LogP contribution in [-0.4, -0.2) is 41.1 Å². The van der Waals surface area contributed by atoms with E-state index in [-0.39, 0.29) is 29.2 Å². The van der Waals surface area contributed by atoms with Gasteiger partial charge < -0.3 is 19.3 Å². The number of carbonyl (C=O) groups is 1. The lowest BCUT2D eigenvalue weighted by Crippen LogP contribution is -2.72. The summed E-state index contributed by atoms with van der Waals surface area (Å²) < 4.78 is 31.8. The largest absolute Gasteiger partial charge is 0.432 e. The summed E-state index contributed by atoms with van der Waals surface area (Å²) in [4.78, 5) is 24.3. The van der Waals surface area contributed by atoms with Crippen LogP contribution in [0, 0.1) is 29.5 Å². The Hall–Kier alpha value is -1.84. The smallest absolute Gasteiger partial charge is 0.333 e. The van der Waals surface area contributed by atoms with E-state index in [1.807, 2.05) is 13.8 Å². The van der Waals surface area contributed by atoms with Crippen LogP contribution in [0.15, 0.2) is 30.3 Å². The van der Waals surface area contributed by atoms with Gasteiger partial charge in [-0.05, 0) is 37.8 Å². The minimum atomic E-state index is -0.970. The summed E-state index contributed by atoms with van der Waals surface area (Å²) in [5.74, 6) is -2.56. The summed E-state index contributed by atoms with van der Waals surface area (Å²) in [5.41, 5.74) is -0.587. The van der Waals surface area contributed by atoms with Crippen LogP contribution in [0.25, 0.3) is 6.08 Å². The topological polar surface area (TPSA) is 83.5 Å². The van der Waals surface area contributed by atoms with E-state index in [1.165, 1.54) is 18.2 Å². The number of halogens is 1. The van der Waals surface area contributed by atoms with Gasteiger partial charge >= 0.3 is 5.97 Å². The highest BCUT2D eigenvalue weighted by atomic mass is 19.1. The molecule has 1 spiro atoms. The average molecular weight is 448 g/mol. The van der Waals surface area contributed by atoms with Crippen molar-refractivity contribution in [1.29, 1.82) is 0 Å². The molecule has 9 atom stereocenters. The number of esters is 1. The van der Waals surface area contributed by atoms with Gasteiger partial charge in [-0.1, -0.05) is 32.0 Å². The second-order valence-electron chi connectivity index (χ2n) is 9.67. The Labute approximate surface area is 186 Å². The molecule has 5 fully saturated rings. The van der Waals surface area contributed by atoms with E-state index in [9.17, 15) is 14.3 Å². The number of hydrogen-bond donors (Lipinski definition) is 1. The Balaban J connectivity index is 1.39. The predicted molar refractivity (Wildman–Crippen MR) is 110 cm³/mol. The van der Waals surface area contributed by atoms with Crippen molar-refractivity contribution in [2.45, 2.75) is 70.1 Å². The first kappa shape index (κ1) is 22.0. The van der Waals surface area contributed by atoms with E-state index < -0.39 is 41.9 Å². The highest BCUT2D eigenvalue weighted by molar-refractivity contribution is 5.87. The van der Waals surface area contributed by atoms with E-state index in [0.717, 1.165) is 6.42 Å². The maximum Gasteiger partial charge on any atom is 0.333 e. The molecule has 174 valence electrons. The number of fused-ring (bicyclic) bond motifs is 2. The molecule has 4 saturated heterocycles. The molecular formula is C24H29FO7. The SMILES string of the molecule is C[C@@H]1[C@H](O)C[C@H]2[C@@H](C)[C@H](OC(=O)/C=C/c3ccccc3F)O[C@@H]3O[C@@]4(C)CC[C@@H]1[C@]32OO4. The van der Waals surface area contributed by atoms with Gasteiger partial charge in [0.1, 0.15) is 5.82 Å². The number of aliphatic hydroxyl groups is 1. The second kappa shape index (κ2) is 7.88. The van der Waals surface area contributed by atoms with Gasteiger partial charge in [-0.2, -0.15) is 0 Å². The van der Waals surface area contributed by atoms with Gasteiger partial charge in [0.2, 0.25) is 12.1 Å². The quantitative estimate of drug-likeness (QED) is 0.430. The van der Waals surface area contributed by atoms with Crippen molar-refractivity contribution in [3.8, 4) is 0 Å². The van der Waals surface area contributed by atoms with Crippen molar-refractivity contribution in [1.82, 2.24) is 0 Å². The fraction of sp³-hybridized carbons (Fsp3) is 0.625. The van der Waals surface area contributed by atoms with Crippen LogP contribution >= 0.6 is 0 Å². The third kappa shape index (κ3) is 3.40. The molecule has 2 bridgehead atoms. The van der Waals surface area contributed by atoms with Gasteiger partial charge in [0.15, 0.2) is 11.9 Å². The van der Waals surface area contributed by atoms with Gasteiger partial charge in [0.25, 0.3) is 0 Å². The summed E-state index contributed by atoms with van der Waals surface area (Å²) in [7, 11) is 0. The maximum absolute atomic E-state index is 13.8. The zero-order chi connectivity index (χ0) is 22.7. The molecule has 8 heteroatoms. The Morgan fingerprint density at radius 3 is 2.78 bits per heavy atom. The van der Waals surface area contributed by atoms with Crippen LogP contribution in [0.2, 0.25) is 0 Å². The van der Waals surface area contributed by atoms with Gasteiger partial charge in [0, 0.05) is 35.8 Å². The molecule has 4 aliphatic heterocycles. The average Bonchev–Trinajstić information content (AvgIpc) is 2.99. The summed E-state index contributed by atoms with van der Waals surface area (Å²) in [6.45, 7) is 5.73. The first-order chi connectivity index (χ1) is 15.2. The highest BCUT2D eigenvalue weighted by Gasteiger charge is 2.71. The summed E-state index contributed by atoms with van der Waals surface area (Å²) in [6, 6.07) is 6.16. The number of benzene rings is 1. The molecule has 0 unspecified atom stereocenters. The van der Waals surface area contributed by atoms with Crippen molar-refractivity contribution < 1.29 is 38.3 Å². The molecule has 0 radical (unpaired) electrons. The summed E-state index contributed by atoms with van der Waals surface area (Å²) in [5, 5.41) is 10.8. The van der Waals surface area contributed by atoms with Crippen LogP contribution in [-0.2, 0) is 28.8 Å². The fourth-order valence-corrected chi connectivity index (χ4v) is 5.88. The van der Waals surface area contributed by atoms with E-state index in [4.69, 9.17) is 24.0 Å². The van der Waals surface area contributed by atoms with Crippen LogP contribution in [0.5, 0.6) is 0 Å². The Morgan fingerprint density at radius 1 is 1.22 bits per heavy atom. The lowest BCUT2D eigenvalue weighted by Gasteiger charge is -2.60. The standard InChI is InChI=1S/C24H29FO7/c1-13-16-10-11-23(3)30-22-24(16,32-31-23)17(12-19(13)26)14(2)21(29-22)28-20(27)9-8-15-6-4-5-7-18(15)25/h4-9,13-14,16-17,19,21-22,26H,10-12H2,1-3H3/b9-8+/t13-,14+,16-,17-,19+,21+,22+,23+,24+/m0/s1. The molecular weight excluding hydrogens is 419 g/mol. The first-order valence-electron chi connectivity index (χ1n) is 11.2. The second-order valence-corrected chi connectivity index (χ2v) is 9.67. The molecule has 1 saturated carbocycles. The molecule has 0 aromatic heterocycles. The highest BCUT2D eigenvalue weighted by Crippen LogP contribution is 2.60. The third-order valence-corrected chi connectivity index (χ3v) is 7.75. The zero-order valence-electron chi connectivity index (χ0n) is 18.4. The van der Waals surface area contributed by atoms with Crippen molar-refractivity contribution in [2.24, 2.45) is 23.7 Å². The van der Waals surface area contributed by atoms with Gasteiger partial charge in [0.05, 0.1) is 6.10 Å². The Bertz CT molecular complexity index is 917. The molecule has 1 aromatic carbocycles. The van der Waals surface area contributed by atoms with Crippen LogP contribution < -0.4 is 0 Å². The van der Waals surface area contributed by atoms with Gasteiger partial charge in [-0.3, -0.25) is 0 Å². The molecule has 1 N–H and O–H groups in total. The molecule has 0 amide bonds. The van der Waals surface area contributed by atoms with Gasteiger partial charge in [-0.25, -0.2) is 19.0 Å². The van der Waals surface area contributed by atoms with Crippen LogP contribution in [0.1, 0.15) is 45.6 Å². The monoisotopic (exact) mass is 448 g/mol. The van der Waals surface area contributed by atoms with E-state index in [0.29, 0.717) is 12.8 Å². The van der Waals surface area contributed by atoms with Gasteiger partial charge in [-0.15, -0.1) is 0 Å². The normalized spacial score (nSPS) is 45.3. The van der Waals surface area contributed by atoms with E-state index in [2.05, 4.69) is 0 Å². The molecule has 32 heavy (non-hydrogen) atoms. The third-order valence-electron chi connectivity index (χ3n) is 7.75. The molecule has 1 aliphatic carbocycles. The summed E-state index contributed by atoms with van der Waals surface area (Å²) in [6.07, 6.45) is 2.18. The number of hydrogen-bond acceptors (Lipinski definition) is 7. The lowest BCUT2D eigenvalue weighted by atomic mass is 9.57. The number of aliphatic hydroxyl groups excluding tert-OH is 1. The van der Waals surface area contributed by atoms with Crippen molar-refractivity contribution in [3.63, 3.8) is 0 Å². The predicted octanol–water partition coefficient (Wildman–Crippen LogP) is 3.56. The summed E-state index contributed by atoms with van der Waals surface area (Å²) >= 11 is 0. The van der Waals surface area contributed by atoms with Crippen molar-refractivity contribution in [3.05, 3.63) is 41.7 Å². The number of ether oxygens (including phenoxy) is 3. The molecule has 7 nitrogen and oxygen atoms in total. The van der Waals surface area contributed by atoms with Crippen molar-refractivity contribution in [2.75, 3.05) is 0 Å². The minimum Gasteiger partial charge on any atom is -0.432 e. The van der Waals surface area contributed by atoms with Crippen LogP contribution in [0.3, 0.4) is 0 Å². The van der Waals surface area contributed by atoms with Crippen LogP contribution in [0.4, 0.5) is 4.39 Å². The number of rotatable bonds is 3. The maximum atomic E-state index is 13.8. The zero-order valence-corrected chi connectivity index (χ0v) is 18.4. The molecule has 4 heterocycles. The Kier molecular flexibility index (Phi) is 5.41. The number of carbonyl (C=O) groups excluding carboxylic acids is 1. The first-order valence-corrected chi connectivity index (χ1v) is 11.2. The minimum absolute atomic E-state index is 0.0139. The molecule has 6 rings (SSSR count). The van der Waals surface area contributed by atoms with E-state index >= 15 is 0 Å². The molecule has 1 aromatic rings.